The van der Waals surface area contributed by atoms with Crippen molar-refractivity contribution in [3.05, 3.63) is 16.7 Å². The molecule has 0 aliphatic carbocycles. The molecule has 0 bridgehead atoms. The lowest BCUT2D eigenvalue weighted by Gasteiger charge is -2.16. The van der Waals surface area contributed by atoms with Crippen LogP contribution in [0.4, 0.5) is 5.95 Å². The molecule has 0 saturated carbocycles. The fourth-order valence-corrected chi connectivity index (χ4v) is 2.64. The van der Waals surface area contributed by atoms with E-state index in [9.17, 15) is 19.6 Å². The van der Waals surface area contributed by atoms with Crippen molar-refractivity contribution in [3.8, 4) is 0 Å². The van der Waals surface area contributed by atoms with Crippen molar-refractivity contribution in [2.45, 2.75) is 24.5 Å². The van der Waals surface area contributed by atoms with Crippen molar-refractivity contribution < 1.29 is 28.9 Å². The zero-order chi connectivity index (χ0) is 16.7. The Hall–Kier alpha value is -1.95. The number of nitrogens with one attached hydrogen (secondary N) is 1. The first-order valence-electron chi connectivity index (χ1n) is 6.41. The first-order chi connectivity index (χ1) is 10.9. The van der Waals surface area contributed by atoms with E-state index in [1.165, 1.54) is 10.9 Å². The van der Waals surface area contributed by atoms with Crippen molar-refractivity contribution in [1.82, 2.24) is 19.5 Å². The summed E-state index contributed by atoms with van der Waals surface area (Å²) in [4.78, 5) is 30.4. The number of aromatic nitrogens is 4. The summed E-state index contributed by atoms with van der Waals surface area (Å²) < 4.78 is 21.7. The Morgan fingerprint density at radius 1 is 1.48 bits per heavy atom. The molecule has 0 aromatic carbocycles. The highest BCUT2D eigenvalue weighted by Gasteiger charge is 2.45. The number of nitrogen functional groups attached to an aromatic ring is 1. The monoisotopic (exact) mass is 346 g/mol. The van der Waals surface area contributed by atoms with E-state index in [0.717, 1.165) is 0 Å². The number of hydrogen-bond acceptors (Lipinski definition) is 9. The maximum absolute atomic E-state index is 11.7. The molecule has 12 nitrogen and oxygen atoms in total. The second-order valence-corrected chi connectivity index (χ2v) is 5.59. The lowest BCUT2D eigenvalue weighted by molar-refractivity contribution is -0.0476. The maximum atomic E-state index is 11.7. The van der Waals surface area contributed by atoms with Crippen LogP contribution in [0.5, 0.6) is 0 Å². The standard InChI is InChI=1S/C10H12N5O7P/c11-10-13-7-4(8(18)14-10)12-2-15(7)9-6(17)5(16)3(22-9)1-21-23(19)20/h2-3,5-6,9,16-17H,1H2,(H3-,11,13,14,18,19,20)/p+1/t3-,5?,6+,9-/m1/s1. The maximum Gasteiger partial charge on any atom is 0.694 e. The Bertz CT molecular complexity index is 806. The van der Waals surface area contributed by atoms with E-state index >= 15 is 0 Å². The fraction of sp³-hybridized carbons (Fsp3) is 0.500. The van der Waals surface area contributed by atoms with Gasteiger partial charge in [-0.25, -0.2) is 4.98 Å². The third-order valence-corrected chi connectivity index (χ3v) is 3.78. The van der Waals surface area contributed by atoms with Crippen LogP contribution in [0.15, 0.2) is 11.1 Å². The van der Waals surface area contributed by atoms with Gasteiger partial charge in [0.2, 0.25) is 5.95 Å². The SMILES string of the molecule is Nc1nc2c(ncn2[C@@H]2O[C@H](CO[P+](=O)O)C(O)[C@@H]2O)c(=O)[nH]1. The molecule has 0 radical (unpaired) electrons. The molecule has 23 heavy (non-hydrogen) atoms. The first-order valence-corrected chi connectivity index (χ1v) is 7.54. The summed E-state index contributed by atoms with van der Waals surface area (Å²) in [6.07, 6.45) is -3.71. The predicted octanol–water partition coefficient (Wildman–Crippen LogP) is -2.01. The van der Waals surface area contributed by atoms with Gasteiger partial charge >= 0.3 is 8.25 Å². The Balaban J connectivity index is 1.93. The van der Waals surface area contributed by atoms with Gasteiger partial charge in [-0.05, 0) is 0 Å². The normalized spacial score (nSPS) is 28.4. The quantitative estimate of drug-likeness (QED) is 0.387. The highest BCUT2D eigenvalue weighted by Crippen LogP contribution is 2.32. The summed E-state index contributed by atoms with van der Waals surface area (Å²) in [5.74, 6) is -0.144. The summed E-state index contributed by atoms with van der Waals surface area (Å²) >= 11 is 0. The summed E-state index contributed by atoms with van der Waals surface area (Å²) in [6, 6.07) is 0. The number of fused-ring (bicyclic) bond motifs is 1. The molecule has 2 aromatic heterocycles. The number of aliphatic hydroxyl groups excluding tert-OH is 2. The Morgan fingerprint density at radius 3 is 2.91 bits per heavy atom. The molecule has 13 heteroatoms. The molecule has 3 heterocycles. The van der Waals surface area contributed by atoms with Gasteiger partial charge in [0, 0.05) is 4.57 Å². The molecular weight excluding hydrogens is 333 g/mol. The second-order valence-electron chi connectivity index (χ2n) is 4.86. The summed E-state index contributed by atoms with van der Waals surface area (Å²) in [7, 11) is -2.86. The number of nitrogens with zero attached hydrogens (tertiary/aromatic N) is 3. The molecule has 0 spiro atoms. The molecule has 1 aliphatic heterocycles. The number of aliphatic hydroxyl groups is 2. The Kier molecular flexibility index (Phi) is 4.10. The van der Waals surface area contributed by atoms with Gasteiger partial charge in [0.05, 0.1) is 6.33 Å². The van der Waals surface area contributed by atoms with Crippen molar-refractivity contribution >= 4 is 25.4 Å². The molecule has 0 amide bonds. The van der Waals surface area contributed by atoms with Gasteiger partial charge in [0.15, 0.2) is 17.4 Å². The van der Waals surface area contributed by atoms with E-state index in [1.807, 2.05) is 0 Å². The van der Waals surface area contributed by atoms with Gasteiger partial charge in [-0.15, -0.1) is 9.42 Å². The lowest BCUT2D eigenvalue weighted by atomic mass is 10.1. The topological polar surface area (TPSA) is 186 Å². The summed E-state index contributed by atoms with van der Waals surface area (Å²) in [5, 5.41) is 20.0. The molecule has 5 atom stereocenters. The van der Waals surface area contributed by atoms with Gasteiger partial charge < -0.3 is 20.7 Å². The molecule has 1 aliphatic rings. The average Bonchev–Trinajstić information content (AvgIpc) is 3.00. The number of hydrogen-bond donors (Lipinski definition) is 5. The molecule has 2 unspecified atom stereocenters. The highest BCUT2D eigenvalue weighted by molar-refractivity contribution is 7.32. The minimum Gasteiger partial charge on any atom is -0.387 e. The van der Waals surface area contributed by atoms with E-state index in [4.69, 9.17) is 15.4 Å². The largest absolute Gasteiger partial charge is 0.694 e. The van der Waals surface area contributed by atoms with E-state index in [-0.39, 0.29) is 17.1 Å². The molecule has 124 valence electrons. The molecule has 2 aromatic rings. The molecule has 6 N–H and O–H groups in total. The molecule has 1 saturated heterocycles. The highest BCUT2D eigenvalue weighted by atomic mass is 31.1. The van der Waals surface area contributed by atoms with Crippen molar-refractivity contribution in [3.63, 3.8) is 0 Å². The Morgan fingerprint density at radius 2 is 2.22 bits per heavy atom. The van der Waals surface area contributed by atoms with Gasteiger partial charge in [-0.1, -0.05) is 0 Å². The predicted molar refractivity (Wildman–Crippen MR) is 74.3 cm³/mol. The zero-order valence-corrected chi connectivity index (χ0v) is 12.3. The zero-order valence-electron chi connectivity index (χ0n) is 11.4. The van der Waals surface area contributed by atoms with Gasteiger partial charge in [-0.2, -0.15) is 4.98 Å². The van der Waals surface area contributed by atoms with Gasteiger partial charge in [-0.3, -0.25) is 14.3 Å². The van der Waals surface area contributed by atoms with Crippen LogP contribution in [-0.2, 0) is 13.8 Å². The minimum atomic E-state index is -2.86. The van der Waals surface area contributed by atoms with Gasteiger partial charge in [0.1, 0.15) is 24.9 Å². The van der Waals surface area contributed by atoms with Crippen LogP contribution in [-0.4, -0.2) is 59.5 Å². The van der Waals surface area contributed by atoms with Crippen molar-refractivity contribution in [2.24, 2.45) is 0 Å². The van der Waals surface area contributed by atoms with Crippen LogP contribution < -0.4 is 11.3 Å². The van der Waals surface area contributed by atoms with E-state index in [1.54, 1.807) is 0 Å². The van der Waals surface area contributed by atoms with E-state index in [2.05, 4.69) is 19.5 Å². The number of aromatic amines is 1. The van der Waals surface area contributed by atoms with Crippen LogP contribution in [0.1, 0.15) is 6.23 Å². The number of H-pyrrole nitrogens is 1. The number of rotatable bonds is 4. The molecule has 1 fully saturated rings. The van der Waals surface area contributed by atoms with Crippen LogP contribution in [0.2, 0.25) is 0 Å². The van der Waals surface area contributed by atoms with E-state index < -0.39 is 45.0 Å². The van der Waals surface area contributed by atoms with Crippen molar-refractivity contribution in [1.29, 1.82) is 0 Å². The third-order valence-electron chi connectivity index (χ3n) is 3.41. The Labute approximate surface area is 128 Å². The number of nitrogens with two attached hydrogens (primary N) is 1. The first kappa shape index (κ1) is 15.9. The van der Waals surface area contributed by atoms with Crippen LogP contribution in [0.3, 0.4) is 0 Å². The average molecular weight is 346 g/mol. The van der Waals surface area contributed by atoms with Crippen molar-refractivity contribution in [2.75, 3.05) is 12.3 Å². The smallest absolute Gasteiger partial charge is 0.387 e. The van der Waals surface area contributed by atoms with Crippen LogP contribution >= 0.6 is 8.25 Å². The minimum absolute atomic E-state index is 0.0115. The van der Waals surface area contributed by atoms with Gasteiger partial charge in [0.25, 0.3) is 5.56 Å². The fourth-order valence-electron chi connectivity index (χ4n) is 2.36. The number of anilines is 1. The second kappa shape index (κ2) is 5.92. The summed E-state index contributed by atoms with van der Waals surface area (Å²) in [6.45, 7) is -0.400. The summed E-state index contributed by atoms with van der Waals surface area (Å²) in [5.41, 5.74) is 4.98. The lowest BCUT2D eigenvalue weighted by Crippen LogP contribution is -2.33. The van der Waals surface area contributed by atoms with Crippen LogP contribution in [0.25, 0.3) is 11.2 Å². The van der Waals surface area contributed by atoms with E-state index in [0.29, 0.717) is 0 Å². The third kappa shape index (κ3) is 2.83. The van der Waals surface area contributed by atoms with Crippen LogP contribution in [0, 0.1) is 0 Å². The molecule has 3 rings (SSSR count). The number of imidazole rings is 1. The molecular formula is C10H13N5O7P+. The number of ether oxygens (including phenoxy) is 1.